The maximum Gasteiger partial charge on any atom is 0.287 e. The highest BCUT2D eigenvalue weighted by atomic mass is 16.3. The van der Waals surface area contributed by atoms with Gasteiger partial charge < -0.3 is 19.7 Å². The Hall–Kier alpha value is -1.85. The number of rotatable bonds is 7. The van der Waals surface area contributed by atoms with Crippen molar-refractivity contribution in [2.45, 2.75) is 32.9 Å². The second-order valence-corrected chi connectivity index (χ2v) is 6.31. The highest BCUT2D eigenvalue weighted by Gasteiger charge is 2.22. The number of benzene rings is 1. The highest BCUT2D eigenvalue weighted by molar-refractivity contribution is 5.99. The van der Waals surface area contributed by atoms with Gasteiger partial charge in [-0.3, -0.25) is 4.79 Å². The fourth-order valence-corrected chi connectivity index (χ4v) is 2.51. The molecular weight excluding hydrogens is 292 g/mol. The van der Waals surface area contributed by atoms with Gasteiger partial charge in [-0.05, 0) is 26.1 Å². The summed E-state index contributed by atoms with van der Waals surface area (Å²) in [5.41, 5.74) is 1.58. The predicted octanol–water partition coefficient (Wildman–Crippen LogP) is 2.63. The molecule has 2 unspecified atom stereocenters. The fraction of sp³-hybridized carbons (Fsp3) is 0.500. The van der Waals surface area contributed by atoms with Crippen molar-refractivity contribution in [2.24, 2.45) is 5.92 Å². The summed E-state index contributed by atoms with van der Waals surface area (Å²) >= 11 is 0. The summed E-state index contributed by atoms with van der Waals surface area (Å²) in [5.74, 6) is 0.198. The summed E-state index contributed by atoms with van der Waals surface area (Å²) in [6, 6.07) is 7.65. The SMILES string of the molecule is CCC(C)C(O)CNC(=O)c1oc2ccccc2c1CN(C)C. The van der Waals surface area contributed by atoms with Crippen molar-refractivity contribution in [2.75, 3.05) is 20.6 Å². The van der Waals surface area contributed by atoms with E-state index in [0.29, 0.717) is 17.9 Å². The molecular formula is C18H26N2O3. The molecule has 2 N–H and O–H groups in total. The Labute approximate surface area is 137 Å². The van der Waals surface area contributed by atoms with Crippen LogP contribution in [0.5, 0.6) is 0 Å². The van der Waals surface area contributed by atoms with E-state index in [-0.39, 0.29) is 18.4 Å². The van der Waals surface area contributed by atoms with Gasteiger partial charge in [0, 0.05) is 24.0 Å². The summed E-state index contributed by atoms with van der Waals surface area (Å²) in [4.78, 5) is 14.5. The van der Waals surface area contributed by atoms with Crippen LogP contribution in [0.1, 0.15) is 36.4 Å². The van der Waals surface area contributed by atoms with Crippen molar-refractivity contribution in [3.8, 4) is 0 Å². The number of aliphatic hydroxyl groups excluding tert-OH is 1. The molecule has 0 aliphatic carbocycles. The summed E-state index contributed by atoms with van der Waals surface area (Å²) in [7, 11) is 3.91. The van der Waals surface area contributed by atoms with Gasteiger partial charge in [-0.1, -0.05) is 38.5 Å². The standard InChI is InChI=1S/C18H26N2O3/c1-5-12(2)15(21)10-19-18(22)17-14(11-20(3)4)13-8-6-7-9-16(13)23-17/h6-9,12,15,21H,5,10-11H2,1-4H3,(H,19,22). The van der Waals surface area contributed by atoms with E-state index < -0.39 is 6.10 Å². The minimum absolute atomic E-state index is 0.146. The normalized spacial score (nSPS) is 14.2. The van der Waals surface area contributed by atoms with Crippen molar-refractivity contribution >= 4 is 16.9 Å². The summed E-state index contributed by atoms with van der Waals surface area (Å²) < 4.78 is 5.76. The van der Waals surface area contributed by atoms with E-state index in [0.717, 1.165) is 17.4 Å². The van der Waals surface area contributed by atoms with E-state index >= 15 is 0 Å². The molecule has 0 spiro atoms. The minimum Gasteiger partial charge on any atom is -0.451 e. The molecule has 0 saturated carbocycles. The zero-order valence-electron chi connectivity index (χ0n) is 14.3. The third-order valence-corrected chi connectivity index (χ3v) is 4.15. The summed E-state index contributed by atoms with van der Waals surface area (Å²) in [6.07, 6.45) is 0.318. The van der Waals surface area contributed by atoms with E-state index in [1.165, 1.54) is 0 Å². The van der Waals surface area contributed by atoms with Crippen molar-refractivity contribution in [3.05, 3.63) is 35.6 Å². The van der Waals surface area contributed by atoms with Gasteiger partial charge in [0.1, 0.15) is 5.58 Å². The molecule has 1 aromatic carbocycles. The number of furan rings is 1. The molecule has 0 radical (unpaired) electrons. The molecule has 0 fully saturated rings. The Bertz CT molecular complexity index is 663. The lowest BCUT2D eigenvalue weighted by Crippen LogP contribution is -2.35. The van der Waals surface area contributed by atoms with Crippen LogP contribution >= 0.6 is 0 Å². The van der Waals surface area contributed by atoms with E-state index in [1.807, 2.05) is 57.1 Å². The van der Waals surface area contributed by atoms with Crippen LogP contribution in [0.4, 0.5) is 0 Å². The topological polar surface area (TPSA) is 65.7 Å². The van der Waals surface area contributed by atoms with Crippen LogP contribution in [0, 0.1) is 5.92 Å². The summed E-state index contributed by atoms with van der Waals surface area (Å²) in [6.45, 7) is 4.83. The molecule has 0 bridgehead atoms. The van der Waals surface area contributed by atoms with E-state index in [4.69, 9.17) is 4.42 Å². The molecule has 2 aromatic rings. The predicted molar refractivity (Wildman–Crippen MR) is 91.4 cm³/mol. The third-order valence-electron chi connectivity index (χ3n) is 4.15. The van der Waals surface area contributed by atoms with Crippen LogP contribution in [-0.4, -0.2) is 42.7 Å². The van der Waals surface area contributed by atoms with E-state index in [2.05, 4.69) is 5.32 Å². The van der Waals surface area contributed by atoms with Crippen LogP contribution < -0.4 is 5.32 Å². The molecule has 1 aromatic heterocycles. The lowest BCUT2D eigenvalue weighted by Gasteiger charge is -2.17. The number of fused-ring (bicyclic) bond motifs is 1. The number of carbonyl (C=O) groups excluding carboxylic acids is 1. The van der Waals surface area contributed by atoms with Gasteiger partial charge in [0.2, 0.25) is 0 Å². The van der Waals surface area contributed by atoms with Gasteiger partial charge in [0.05, 0.1) is 6.10 Å². The first-order valence-corrected chi connectivity index (χ1v) is 8.05. The van der Waals surface area contributed by atoms with Gasteiger partial charge in [0.15, 0.2) is 5.76 Å². The van der Waals surface area contributed by atoms with Crippen molar-refractivity contribution in [1.82, 2.24) is 10.2 Å². The van der Waals surface area contributed by atoms with Gasteiger partial charge in [-0.2, -0.15) is 0 Å². The maximum absolute atomic E-state index is 12.5. The number of para-hydroxylation sites is 1. The molecule has 0 saturated heterocycles. The Morgan fingerprint density at radius 1 is 1.35 bits per heavy atom. The van der Waals surface area contributed by atoms with Gasteiger partial charge in [0.25, 0.3) is 5.91 Å². The lowest BCUT2D eigenvalue weighted by atomic mass is 10.0. The molecule has 0 aliphatic rings. The number of hydrogen-bond acceptors (Lipinski definition) is 4. The quantitative estimate of drug-likeness (QED) is 0.823. The van der Waals surface area contributed by atoms with Crippen molar-refractivity contribution in [3.63, 3.8) is 0 Å². The smallest absolute Gasteiger partial charge is 0.287 e. The lowest BCUT2D eigenvalue weighted by molar-refractivity contribution is 0.0827. The van der Waals surface area contributed by atoms with Crippen LogP contribution in [0.25, 0.3) is 11.0 Å². The van der Waals surface area contributed by atoms with Gasteiger partial charge >= 0.3 is 0 Å². The van der Waals surface area contributed by atoms with Gasteiger partial charge in [-0.15, -0.1) is 0 Å². The number of nitrogens with zero attached hydrogens (tertiary/aromatic N) is 1. The first kappa shape index (κ1) is 17.5. The minimum atomic E-state index is -0.550. The first-order valence-electron chi connectivity index (χ1n) is 8.05. The molecule has 5 nitrogen and oxygen atoms in total. The molecule has 5 heteroatoms. The number of carbonyl (C=O) groups is 1. The first-order chi connectivity index (χ1) is 10.9. The molecule has 2 rings (SSSR count). The van der Waals surface area contributed by atoms with Crippen molar-refractivity contribution in [1.29, 1.82) is 0 Å². The monoisotopic (exact) mass is 318 g/mol. The van der Waals surface area contributed by atoms with Crippen LogP contribution in [-0.2, 0) is 6.54 Å². The zero-order chi connectivity index (χ0) is 17.0. The Kier molecular flexibility index (Phi) is 5.80. The van der Waals surface area contributed by atoms with Crippen LogP contribution in [0.2, 0.25) is 0 Å². The Balaban J connectivity index is 2.22. The molecule has 1 amide bonds. The van der Waals surface area contributed by atoms with E-state index in [1.54, 1.807) is 0 Å². The molecule has 2 atom stereocenters. The zero-order valence-corrected chi connectivity index (χ0v) is 14.3. The second kappa shape index (κ2) is 7.62. The number of aliphatic hydroxyl groups is 1. The number of hydrogen-bond donors (Lipinski definition) is 2. The Morgan fingerprint density at radius 2 is 2.04 bits per heavy atom. The average Bonchev–Trinajstić information content (AvgIpc) is 2.89. The molecule has 0 aliphatic heterocycles. The third kappa shape index (κ3) is 4.12. The highest BCUT2D eigenvalue weighted by Crippen LogP contribution is 2.26. The molecule has 23 heavy (non-hydrogen) atoms. The molecule has 126 valence electrons. The number of amides is 1. The maximum atomic E-state index is 12.5. The average molecular weight is 318 g/mol. The largest absolute Gasteiger partial charge is 0.451 e. The Morgan fingerprint density at radius 3 is 2.70 bits per heavy atom. The number of nitrogens with one attached hydrogen (secondary N) is 1. The van der Waals surface area contributed by atoms with Crippen LogP contribution in [0.3, 0.4) is 0 Å². The molecule has 1 heterocycles. The van der Waals surface area contributed by atoms with Crippen LogP contribution in [0.15, 0.2) is 28.7 Å². The summed E-state index contributed by atoms with van der Waals surface area (Å²) in [5, 5.41) is 13.8. The van der Waals surface area contributed by atoms with Crippen molar-refractivity contribution < 1.29 is 14.3 Å². The van der Waals surface area contributed by atoms with Gasteiger partial charge in [-0.25, -0.2) is 0 Å². The second-order valence-electron chi connectivity index (χ2n) is 6.31. The van der Waals surface area contributed by atoms with E-state index in [9.17, 15) is 9.90 Å². The fourth-order valence-electron chi connectivity index (χ4n) is 2.51.